The number of hydrogen-bond acceptors (Lipinski definition) is 3. The van der Waals surface area contributed by atoms with Crippen LogP contribution in [0, 0.1) is 12.3 Å². The summed E-state index contributed by atoms with van der Waals surface area (Å²) in [6.07, 6.45) is 5.25. The minimum atomic E-state index is 0.321. The highest BCUT2D eigenvalue weighted by Crippen LogP contribution is 2.43. The van der Waals surface area contributed by atoms with E-state index in [2.05, 4.69) is 22.2 Å². The van der Waals surface area contributed by atoms with Gasteiger partial charge in [0.1, 0.15) is 5.82 Å². The van der Waals surface area contributed by atoms with Crippen LogP contribution >= 0.6 is 11.6 Å². The molecule has 0 bridgehead atoms. The highest BCUT2D eigenvalue weighted by molar-refractivity contribution is 6.28. The zero-order chi connectivity index (χ0) is 11.6. The van der Waals surface area contributed by atoms with Gasteiger partial charge in [-0.05, 0) is 43.2 Å². The first-order valence-corrected chi connectivity index (χ1v) is 6.26. The van der Waals surface area contributed by atoms with Crippen molar-refractivity contribution < 1.29 is 0 Å². The Morgan fingerprint density at radius 1 is 1.44 bits per heavy atom. The Hall–Kier alpha value is -0.830. The van der Waals surface area contributed by atoms with Gasteiger partial charge in [0.25, 0.3) is 0 Å². The van der Waals surface area contributed by atoms with Crippen molar-refractivity contribution in [3.8, 4) is 0 Å². The molecule has 0 aromatic carbocycles. The largest absolute Gasteiger partial charge is 0.369 e. The van der Waals surface area contributed by atoms with Crippen LogP contribution in [-0.4, -0.2) is 16.5 Å². The lowest BCUT2D eigenvalue weighted by Gasteiger charge is -2.41. The maximum atomic E-state index is 5.82. The van der Waals surface area contributed by atoms with Crippen LogP contribution in [0.5, 0.6) is 0 Å². The zero-order valence-electron chi connectivity index (χ0n) is 9.89. The van der Waals surface area contributed by atoms with E-state index < -0.39 is 0 Å². The van der Waals surface area contributed by atoms with Crippen LogP contribution in [0.2, 0.25) is 5.28 Å². The van der Waals surface area contributed by atoms with E-state index in [1.807, 2.05) is 13.0 Å². The van der Waals surface area contributed by atoms with Gasteiger partial charge >= 0.3 is 0 Å². The molecule has 1 saturated carbocycles. The second kappa shape index (κ2) is 4.58. The van der Waals surface area contributed by atoms with Crippen molar-refractivity contribution in [2.75, 3.05) is 11.9 Å². The Labute approximate surface area is 102 Å². The van der Waals surface area contributed by atoms with E-state index in [1.165, 1.54) is 25.7 Å². The van der Waals surface area contributed by atoms with E-state index in [0.717, 1.165) is 18.1 Å². The molecule has 0 atom stereocenters. The molecular weight excluding hydrogens is 222 g/mol. The topological polar surface area (TPSA) is 37.8 Å². The molecule has 0 saturated heterocycles. The molecule has 2 rings (SSSR count). The van der Waals surface area contributed by atoms with Crippen molar-refractivity contribution in [1.29, 1.82) is 0 Å². The smallest absolute Gasteiger partial charge is 0.224 e. The van der Waals surface area contributed by atoms with E-state index in [1.54, 1.807) is 0 Å². The van der Waals surface area contributed by atoms with Crippen molar-refractivity contribution in [2.24, 2.45) is 5.41 Å². The fourth-order valence-corrected chi connectivity index (χ4v) is 2.46. The highest BCUT2D eigenvalue weighted by atomic mass is 35.5. The predicted molar refractivity (Wildman–Crippen MR) is 66.8 cm³/mol. The first kappa shape index (κ1) is 11.6. The molecule has 1 aromatic rings. The van der Waals surface area contributed by atoms with Gasteiger partial charge in [-0.25, -0.2) is 9.97 Å². The Kier molecular flexibility index (Phi) is 3.33. The second-order valence-electron chi connectivity index (χ2n) is 4.72. The molecule has 1 N–H and O–H groups in total. The lowest BCUT2D eigenvalue weighted by molar-refractivity contribution is 0.145. The standard InChI is InChI=1S/C12H18ClN3/c1-3-12(5-4-6-12)8-14-10-7-9(2)15-11(13)16-10/h7H,3-6,8H2,1-2H3,(H,14,15,16). The minimum absolute atomic E-state index is 0.321. The van der Waals surface area contributed by atoms with Gasteiger partial charge in [-0.3, -0.25) is 0 Å². The van der Waals surface area contributed by atoms with Gasteiger partial charge in [0.15, 0.2) is 0 Å². The fraction of sp³-hybridized carbons (Fsp3) is 0.667. The van der Waals surface area contributed by atoms with E-state index in [4.69, 9.17) is 11.6 Å². The number of hydrogen-bond donors (Lipinski definition) is 1. The van der Waals surface area contributed by atoms with Gasteiger partial charge < -0.3 is 5.32 Å². The van der Waals surface area contributed by atoms with Crippen molar-refractivity contribution in [3.05, 3.63) is 17.0 Å². The maximum Gasteiger partial charge on any atom is 0.224 e. The molecule has 4 heteroatoms. The van der Waals surface area contributed by atoms with Crippen LogP contribution < -0.4 is 5.32 Å². The van der Waals surface area contributed by atoms with Crippen LogP contribution in [0.4, 0.5) is 5.82 Å². The van der Waals surface area contributed by atoms with E-state index >= 15 is 0 Å². The summed E-state index contributed by atoms with van der Waals surface area (Å²) in [6, 6.07) is 1.94. The average molecular weight is 240 g/mol. The summed E-state index contributed by atoms with van der Waals surface area (Å²) in [5, 5.41) is 3.71. The van der Waals surface area contributed by atoms with Crippen molar-refractivity contribution in [3.63, 3.8) is 0 Å². The zero-order valence-corrected chi connectivity index (χ0v) is 10.6. The fourth-order valence-electron chi connectivity index (χ4n) is 2.23. The van der Waals surface area contributed by atoms with Gasteiger partial charge in [-0.15, -0.1) is 0 Å². The lowest BCUT2D eigenvalue weighted by atomic mass is 9.67. The summed E-state index contributed by atoms with van der Waals surface area (Å²) in [6.45, 7) is 5.19. The van der Waals surface area contributed by atoms with E-state index in [9.17, 15) is 0 Å². The molecule has 1 aliphatic rings. The summed E-state index contributed by atoms with van der Waals surface area (Å²) < 4.78 is 0. The Bertz CT molecular complexity index is 349. The molecule has 1 aromatic heterocycles. The van der Waals surface area contributed by atoms with Crippen LogP contribution in [0.3, 0.4) is 0 Å². The second-order valence-corrected chi connectivity index (χ2v) is 5.06. The number of aryl methyl sites for hydroxylation is 1. The molecule has 0 amide bonds. The SMILES string of the molecule is CCC1(CNc2cc(C)nc(Cl)n2)CCC1. The third kappa shape index (κ3) is 2.46. The molecule has 0 radical (unpaired) electrons. The van der Waals surface area contributed by atoms with E-state index in [-0.39, 0.29) is 0 Å². The lowest BCUT2D eigenvalue weighted by Crippen LogP contribution is -2.36. The third-order valence-electron chi connectivity index (χ3n) is 3.64. The number of nitrogens with zero attached hydrogens (tertiary/aromatic N) is 2. The molecule has 16 heavy (non-hydrogen) atoms. The minimum Gasteiger partial charge on any atom is -0.369 e. The van der Waals surface area contributed by atoms with Crippen LogP contribution in [-0.2, 0) is 0 Å². The van der Waals surface area contributed by atoms with Crippen LogP contribution in [0.25, 0.3) is 0 Å². The molecule has 0 unspecified atom stereocenters. The number of rotatable bonds is 4. The molecular formula is C12H18ClN3. The Morgan fingerprint density at radius 3 is 2.69 bits per heavy atom. The molecule has 88 valence electrons. The summed E-state index contributed by atoms with van der Waals surface area (Å²) in [7, 11) is 0. The normalized spacial score (nSPS) is 17.9. The molecule has 1 fully saturated rings. The number of anilines is 1. The van der Waals surface area contributed by atoms with Gasteiger partial charge in [0.2, 0.25) is 5.28 Å². The summed E-state index contributed by atoms with van der Waals surface area (Å²) in [5.41, 5.74) is 1.40. The monoisotopic (exact) mass is 239 g/mol. The van der Waals surface area contributed by atoms with Gasteiger partial charge in [0, 0.05) is 18.3 Å². The first-order valence-electron chi connectivity index (χ1n) is 5.89. The number of nitrogens with one attached hydrogen (secondary N) is 1. The van der Waals surface area contributed by atoms with Gasteiger partial charge in [-0.1, -0.05) is 13.3 Å². The average Bonchev–Trinajstić information content (AvgIpc) is 2.15. The molecule has 1 heterocycles. The van der Waals surface area contributed by atoms with Gasteiger partial charge in [-0.2, -0.15) is 0 Å². The Morgan fingerprint density at radius 2 is 2.19 bits per heavy atom. The van der Waals surface area contributed by atoms with Crippen LogP contribution in [0.1, 0.15) is 38.3 Å². The van der Waals surface area contributed by atoms with Crippen molar-refractivity contribution >= 4 is 17.4 Å². The predicted octanol–water partition coefficient (Wildman–Crippen LogP) is 3.43. The van der Waals surface area contributed by atoms with Crippen LogP contribution in [0.15, 0.2) is 6.07 Å². The van der Waals surface area contributed by atoms with E-state index in [0.29, 0.717) is 10.7 Å². The summed E-state index contributed by atoms with van der Waals surface area (Å²) in [4.78, 5) is 8.22. The van der Waals surface area contributed by atoms with Crippen molar-refractivity contribution in [2.45, 2.75) is 39.5 Å². The molecule has 0 spiro atoms. The quantitative estimate of drug-likeness (QED) is 0.818. The summed E-state index contributed by atoms with van der Waals surface area (Å²) in [5.74, 6) is 0.845. The summed E-state index contributed by atoms with van der Waals surface area (Å²) >= 11 is 5.82. The van der Waals surface area contributed by atoms with Gasteiger partial charge in [0.05, 0.1) is 0 Å². The number of aromatic nitrogens is 2. The first-order chi connectivity index (χ1) is 7.63. The third-order valence-corrected chi connectivity index (χ3v) is 3.80. The molecule has 1 aliphatic carbocycles. The Balaban J connectivity index is 1.98. The van der Waals surface area contributed by atoms with Crippen molar-refractivity contribution in [1.82, 2.24) is 9.97 Å². The molecule has 3 nitrogen and oxygen atoms in total. The number of halogens is 1. The maximum absolute atomic E-state index is 5.82. The highest BCUT2D eigenvalue weighted by Gasteiger charge is 2.34. The molecule has 0 aliphatic heterocycles.